The van der Waals surface area contributed by atoms with Gasteiger partial charge in [-0.05, 0) is 31.2 Å². The van der Waals surface area contributed by atoms with Crippen LogP contribution in [0.25, 0.3) is 0 Å². The molecule has 0 radical (unpaired) electrons. The Morgan fingerprint density at radius 1 is 1.10 bits per heavy atom. The maximum Gasteiger partial charge on any atom is 0.337 e. The maximum absolute atomic E-state index is 12.0. The van der Waals surface area contributed by atoms with E-state index in [1.807, 2.05) is 0 Å². The summed E-state index contributed by atoms with van der Waals surface area (Å²) >= 11 is 0. The van der Waals surface area contributed by atoms with Crippen LogP contribution >= 0.6 is 0 Å². The lowest BCUT2D eigenvalue weighted by atomic mass is 10.1. The normalized spacial score (nSPS) is 10.1. The fraction of sp³-hybridized carbons (Fsp3) is 0.0714. The second-order valence-electron chi connectivity index (χ2n) is 4.19. The van der Waals surface area contributed by atoms with E-state index in [1.54, 1.807) is 25.1 Å². The monoisotopic (exact) mass is 272 g/mol. The first-order chi connectivity index (χ1) is 9.49. The van der Waals surface area contributed by atoms with Crippen LogP contribution in [0.3, 0.4) is 0 Å². The first-order valence-electron chi connectivity index (χ1n) is 5.82. The van der Waals surface area contributed by atoms with Gasteiger partial charge in [-0.2, -0.15) is 0 Å². The number of aromatic carboxylic acids is 1. The van der Waals surface area contributed by atoms with E-state index in [4.69, 9.17) is 5.11 Å². The fourth-order valence-corrected chi connectivity index (χ4v) is 1.72. The zero-order valence-electron chi connectivity index (χ0n) is 10.6. The molecule has 2 aromatic rings. The largest absolute Gasteiger partial charge is 0.478 e. The van der Waals surface area contributed by atoms with Crippen molar-refractivity contribution in [2.75, 3.05) is 5.32 Å². The molecule has 20 heavy (non-hydrogen) atoms. The first kappa shape index (κ1) is 13.5. The van der Waals surface area contributed by atoms with Crippen LogP contribution in [0.1, 0.15) is 26.4 Å². The molecule has 0 saturated heterocycles. The highest BCUT2D eigenvalue weighted by Gasteiger charge is 2.15. The highest BCUT2D eigenvalue weighted by Crippen LogP contribution is 2.15. The third kappa shape index (κ3) is 2.74. The van der Waals surface area contributed by atoms with E-state index in [9.17, 15) is 14.4 Å². The van der Waals surface area contributed by atoms with Gasteiger partial charge in [0.15, 0.2) is 0 Å². The number of aromatic nitrogens is 1. The van der Waals surface area contributed by atoms with Crippen LogP contribution < -0.4 is 10.9 Å². The number of amides is 1. The Balaban J connectivity index is 2.33. The number of carbonyl (C=O) groups is 2. The van der Waals surface area contributed by atoms with Gasteiger partial charge in [-0.3, -0.25) is 9.59 Å². The summed E-state index contributed by atoms with van der Waals surface area (Å²) in [7, 11) is 0. The SMILES string of the molecule is Cc1ccc(C(=O)Nc2ccccc2C(=O)O)c(=O)[nH]1. The molecule has 1 aromatic carbocycles. The number of hydrogen-bond acceptors (Lipinski definition) is 3. The number of rotatable bonds is 3. The van der Waals surface area contributed by atoms with E-state index in [0.29, 0.717) is 5.69 Å². The van der Waals surface area contributed by atoms with Crippen LogP contribution in [-0.2, 0) is 0 Å². The van der Waals surface area contributed by atoms with Crippen molar-refractivity contribution in [2.24, 2.45) is 0 Å². The van der Waals surface area contributed by atoms with Crippen molar-refractivity contribution in [3.05, 3.63) is 63.6 Å². The first-order valence-corrected chi connectivity index (χ1v) is 5.82. The summed E-state index contributed by atoms with van der Waals surface area (Å²) in [4.78, 5) is 37.2. The minimum atomic E-state index is -1.15. The number of benzene rings is 1. The number of nitrogens with one attached hydrogen (secondary N) is 2. The quantitative estimate of drug-likeness (QED) is 0.790. The summed E-state index contributed by atoms with van der Waals surface area (Å²) in [5.74, 6) is -1.81. The lowest BCUT2D eigenvalue weighted by molar-refractivity contribution is 0.0698. The predicted octanol–water partition coefficient (Wildman–Crippen LogP) is 1.63. The zero-order valence-corrected chi connectivity index (χ0v) is 10.6. The van der Waals surface area contributed by atoms with Crippen molar-refractivity contribution in [3.8, 4) is 0 Å². The smallest absolute Gasteiger partial charge is 0.337 e. The Kier molecular flexibility index (Phi) is 3.65. The number of para-hydroxylation sites is 1. The lowest BCUT2D eigenvalue weighted by Crippen LogP contribution is -2.24. The molecule has 6 nitrogen and oxygen atoms in total. The van der Waals surface area contributed by atoms with E-state index in [2.05, 4.69) is 10.3 Å². The average molecular weight is 272 g/mol. The van der Waals surface area contributed by atoms with Gasteiger partial charge in [0, 0.05) is 5.69 Å². The molecule has 0 unspecified atom stereocenters. The van der Waals surface area contributed by atoms with E-state index >= 15 is 0 Å². The fourth-order valence-electron chi connectivity index (χ4n) is 1.72. The van der Waals surface area contributed by atoms with Crippen molar-refractivity contribution in [3.63, 3.8) is 0 Å². The number of carboxylic acid groups (broad SMARTS) is 1. The van der Waals surface area contributed by atoms with E-state index in [0.717, 1.165) is 0 Å². The minimum Gasteiger partial charge on any atom is -0.478 e. The number of carboxylic acids is 1. The molecular formula is C14H12N2O4. The molecule has 0 atom stereocenters. The molecular weight excluding hydrogens is 260 g/mol. The molecule has 6 heteroatoms. The molecule has 0 spiro atoms. The number of hydrogen-bond donors (Lipinski definition) is 3. The molecule has 3 N–H and O–H groups in total. The van der Waals surface area contributed by atoms with Gasteiger partial charge in [-0.25, -0.2) is 4.79 Å². The molecule has 0 aliphatic heterocycles. The standard InChI is InChI=1S/C14H12N2O4/c1-8-6-7-10(12(17)15-8)13(18)16-11-5-3-2-4-9(11)14(19)20/h2-7H,1H3,(H,15,17)(H,16,18)(H,19,20). The molecule has 1 heterocycles. The van der Waals surface area contributed by atoms with E-state index in [1.165, 1.54) is 18.2 Å². The molecule has 0 saturated carbocycles. The third-order valence-corrected chi connectivity index (χ3v) is 2.71. The molecule has 0 fully saturated rings. The van der Waals surface area contributed by atoms with Crippen LogP contribution in [0.5, 0.6) is 0 Å². The van der Waals surface area contributed by atoms with Crippen molar-refractivity contribution < 1.29 is 14.7 Å². The van der Waals surface area contributed by atoms with Gasteiger partial charge in [0.1, 0.15) is 5.56 Å². The van der Waals surface area contributed by atoms with Crippen LogP contribution in [0, 0.1) is 6.92 Å². The molecule has 102 valence electrons. The topological polar surface area (TPSA) is 99.3 Å². The molecule has 0 aliphatic rings. The Labute approximate surface area is 114 Å². The maximum atomic E-state index is 12.0. The van der Waals surface area contributed by atoms with Gasteiger partial charge in [0.25, 0.3) is 11.5 Å². The van der Waals surface area contributed by atoms with Crippen LogP contribution in [-0.4, -0.2) is 22.0 Å². The summed E-state index contributed by atoms with van der Waals surface area (Å²) in [6.07, 6.45) is 0. The van der Waals surface area contributed by atoms with Crippen molar-refractivity contribution >= 4 is 17.6 Å². The Bertz CT molecular complexity index is 734. The third-order valence-electron chi connectivity index (χ3n) is 2.71. The summed E-state index contributed by atoms with van der Waals surface area (Å²) in [6, 6.07) is 8.98. The van der Waals surface area contributed by atoms with Gasteiger partial charge in [0.05, 0.1) is 11.3 Å². The molecule has 0 bridgehead atoms. The summed E-state index contributed by atoms with van der Waals surface area (Å²) in [6.45, 7) is 1.70. The van der Waals surface area contributed by atoms with E-state index in [-0.39, 0.29) is 16.8 Å². The van der Waals surface area contributed by atoms with Crippen molar-refractivity contribution in [1.29, 1.82) is 0 Å². The van der Waals surface area contributed by atoms with Crippen molar-refractivity contribution in [1.82, 2.24) is 4.98 Å². The molecule has 1 aromatic heterocycles. The molecule has 2 rings (SSSR count). The van der Waals surface area contributed by atoms with E-state index < -0.39 is 17.4 Å². The zero-order chi connectivity index (χ0) is 14.7. The number of H-pyrrole nitrogens is 1. The predicted molar refractivity (Wildman–Crippen MR) is 73.2 cm³/mol. The minimum absolute atomic E-state index is 0.0376. The summed E-state index contributed by atoms with van der Waals surface area (Å²) < 4.78 is 0. The number of anilines is 1. The highest BCUT2D eigenvalue weighted by atomic mass is 16.4. The van der Waals surface area contributed by atoms with Gasteiger partial charge < -0.3 is 15.4 Å². The van der Waals surface area contributed by atoms with Gasteiger partial charge in [-0.15, -0.1) is 0 Å². The van der Waals surface area contributed by atoms with Crippen molar-refractivity contribution in [2.45, 2.75) is 6.92 Å². The second kappa shape index (κ2) is 5.40. The summed E-state index contributed by atoms with van der Waals surface area (Å²) in [5.41, 5.74) is 0.151. The number of aromatic amines is 1. The Hall–Kier alpha value is -2.89. The summed E-state index contributed by atoms with van der Waals surface area (Å²) in [5, 5.41) is 11.4. The second-order valence-corrected chi connectivity index (χ2v) is 4.19. The Morgan fingerprint density at radius 3 is 2.45 bits per heavy atom. The molecule has 0 aliphatic carbocycles. The number of aryl methyl sites for hydroxylation is 1. The average Bonchev–Trinajstić information content (AvgIpc) is 2.38. The van der Waals surface area contributed by atoms with Crippen LogP contribution in [0.4, 0.5) is 5.69 Å². The lowest BCUT2D eigenvalue weighted by Gasteiger charge is -2.07. The number of carbonyl (C=O) groups excluding carboxylic acids is 1. The van der Waals surface area contributed by atoms with Gasteiger partial charge in [-0.1, -0.05) is 12.1 Å². The number of pyridine rings is 1. The van der Waals surface area contributed by atoms with Crippen LogP contribution in [0.15, 0.2) is 41.2 Å². The van der Waals surface area contributed by atoms with Crippen LogP contribution in [0.2, 0.25) is 0 Å². The highest BCUT2D eigenvalue weighted by molar-refractivity contribution is 6.07. The van der Waals surface area contributed by atoms with Gasteiger partial charge >= 0.3 is 5.97 Å². The Morgan fingerprint density at radius 2 is 1.80 bits per heavy atom. The molecule has 1 amide bonds. The van der Waals surface area contributed by atoms with Gasteiger partial charge in [0.2, 0.25) is 0 Å².